The number of carboxylic acids is 1. The lowest BCUT2D eigenvalue weighted by Crippen LogP contribution is -2.55. The maximum absolute atomic E-state index is 11.8. The number of ether oxygens (including phenoxy) is 1. The van der Waals surface area contributed by atoms with Crippen molar-refractivity contribution < 1.29 is 19.4 Å². The molecular weight excluding hydrogens is 210 g/mol. The Labute approximate surface area is 96.2 Å². The summed E-state index contributed by atoms with van der Waals surface area (Å²) in [7, 11) is 1.41. The van der Waals surface area contributed by atoms with E-state index in [1.54, 1.807) is 34.6 Å². The molecule has 0 aromatic rings. The minimum absolute atomic E-state index is 0.433. The van der Waals surface area contributed by atoms with E-state index in [4.69, 9.17) is 9.84 Å². The van der Waals surface area contributed by atoms with Crippen LogP contribution < -0.4 is 5.32 Å². The Morgan fingerprint density at radius 1 is 1.19 bits per heavy atom. The van der Waals surface area contributed by atoms with Crippen LogP contribution in [-0.2, 0) is 14.3 Å². The molecule has 0 saturated carbocycles. The highest BCUT2D eigenvalue weighted by Gasteiger charge is 2.36. The fourth-order valence-corrected chi connectivity index (χ4v) is 1.05. The van der Waals surface area contributed by atoms with Gasteiger partial charge in [-0.3, -0.25) is 4.79 Å². The van der Waals surface area contributed by atoms with Gasteiger partial charge in [-0.05, 0) is 19.3 Å². The van der Waals surface area contributed by atoms with Gasteiger partial charge in [0.05, 0.1) is 0 Å². The summed E-state index contributed by atoms with van der Waals surface area (Å²) in [6, 6.07) is -0.936. The van der Waals surface area contributed by atoms with Gasteiger partial charge in [0.25, 0.3) is 5.91 Å². The molecule has 5 heteroatoms. The maximum atomic E-state index is 11.8. The number of aliphatic carboxylic acids is 1. The fourth-order valence-electron chi connectivity index (χ4n) is 1.05. The van der Waals surface area contributed by atoms with Crippen molar-refractivity contribution in [2.75, 3.05) is 7.11 Å². The van der Waals surface area contributed by atoms with Crippen LogP contribution in [0.2, 0.25) is 0 Å². The van der Waals surface area contributed by atoms with Crippen LogP contribution in [0.5, 0.6) is 0 Å². The Morgan fingerprint density at radius 3 is 1.88 bits per heavy atom. The van der Waals surface area contributed by atoms with Crippen LogP contribution in [0.15, 0.2) is 0 Å². The third kappa shape index (κ3) is 3.81. The highest BCUT2D eigenvalue weighted by Crippen LogP contribution is 2.20. The summed E-state index contributed by atoms with van der Waals surface area (Å²) in [6.07, 6.45) is 0. The zero-order chi connectivity index (χ0) is 13.1. The van der Waals surface area contributed by atoms with Crippen molar-refractivity contribution in [3.8, 4) is 0 Å². The van der Waals surface area contributed by atoms with E-state index in [-0.39, 0.29) is 0 Å². The molecular formula is C11H21NO4. The van der Waals surface area contributed by atoms with Gasteiger partial charge in [0.15, 0.2) is 0 Å². The van der Waals surface area contributed by atoms with Gasteiger partial charge in [-0.2, -0.15) is 0 Å². The van der Waals surface area contributed by atoms with Crippen molar-refractivity contribution in [1.82, 2.24) is 5.32 Å². The largest absolute Gasteiger partial charge is 0.480 e. The first kappa shape index (κ1) is 14.9. The van der Waals surface area contributed by atoms with E-state index in [0.717, 1.165) is 0 Å². The van der Waals surface area contributed by atoms with Crippen molar-refractivity contribution in [2.24, 2.45) is 5.41 Å². The highest BCUT2D eigenvalue weighted by atomic mass is 16.5. The van der Waals surface area contributed by atoms with Gasteiger partial charge in [0.1, 0.15) is 11.6 Å². The summed E-state index contributed by atoms with van der Waals surface area (Å²) in [5.74, 6) is -1.48. The molecule has 0 aromatic carbocycles. The molecule has 1 unspecified atom stereocenters. The predicted octanol–water partition coefficient (Wildman–Crippen LogP) is 1.03. The molecule has 5 nitrogen and oxygen atoms in total. The van der Waals surface area contributed by atoms with E-state index in [2.05, 4.69) is 5.32 Å². The topological polar surface area (TPSA) is 75.6 Å². The standard InChI is InChI=1S/C11H21NO4/c1-10(2,3)7(8(13)14)12-9(15)11(4,5)16-6/h7H,1-6H3,(H,12,15)(H,13,14). The lowest BCUT2D eigenvalue weighted by atomic mass is 9.86. The van der Waals surface area contributed by atoms with E-state index < -0.39 is 28.9 Å². The Balaban J connectivity index is 4.81. The van der Waals surface area contributed by atoms with Gasteiger partial charge in [0.2, 0.25) is 0 Å². The molecule has 0 saturated heterocycles. The quantitative estimate of drug-likeness (QED) is 0.757. The first-order valence-corrected chi connectivity index (χ1v) is 5.11. The smallest absolute Gasteiger partial charge is 0.326 e. The SMILES string of the molecule is COC(C)(C)C(=O)NC(C(=O)O)C(C)(C)C. The lowest BCUT2D eigenvalue weighted by molar-refractivity contribution is -0.150. The van der Waals surface area contributed by atoms with Crippen molar-refractivity contribution in [1.29, 1.82) is 0 Å². The number of carboxylic acid groups (broad SMARTS) is 1. The van der Waals surface area contributed by atoms with Crippen LogP contribution >= 0.6 is 0 Å². The summed E-state index contributed by atoms with van der Waals surface area (Å²) < 4.78 is 4.99. The van der Waals surface area contributed by atoms with Gasteiger partial charge in [-0.25, -0.2) is 4.79 Å². The summed E-state index contributed by atoms with van der Waals surface area (Å²) in [5.41, 5.74) is -1.58. The van der Waals surface area contributed by atoms with Crippen molar-refractivity contribution in [3.05, 3.63) is 0 Å². The predicted molar refractivity (Wildman–Crippen MR) is 60.1 cm³/mol. The summed E-state index contributed by atoms with van der Waals surface area (Å²) in [5, 5.41) is 11.5. The van der Waals surface area contributed by atoms with Crippen molar-refractivity contribution >= 4 is 11.9 Å². The molecule has 94 valence electrons. The second-order valence-electron chi connectivity index (χ2n) is 5.33. The molecule has 16 heavy (non-hydrogen) atoms. The minimum atomic E-state index is -1.05. The first-order chi connectivity index (χ1) is 7.02. The molecule has 0 aliphatic heterocycles. The number of nitrogens with one attached hydrogen (secondary N) is 1. The molecule has 0 radical (unpaired) electrons. The van der Waals surface area contributed by atoms with Crippen LogP contribution in [0, 0.1) is 5.41 Å². The second-order valence-corrected chi connectivity index (χ2v) is 5.33. The van der Waals surface area contributed by atoms with Crippen LogP contribution in [0.1, 0.15) is 34.6 Å². The van der Waals surface area contributed by atoms with Crippen LogP contribution in [0.4, 0.5) is 0 Å². The van der Waals surface area contributed by atoms with Crippen molar-refractivity contribution in [2.45, 2.75) is 46.3 Å². The molecule has 1 atom stereocenters. The highest BCUT2D eigenvalue weighted by molar-refractivity contribution is 5.89. The summed E-state index contributed by atoms with van der Waals surface area (Å²) in [6.45, 7) is 8.44. The third-order valence-electron chi connectivity index (χ3n) is 2.45. The Bertz CT molecular complexity index is 278. The fraction of sp³-hybridized carbons (Fsp3) is 0.818. The van der Waals surface area contributed by atoms with E-state index in [0.29, 0.717) is 0 Å². The molecule has 0 bridgehead atoms. The molecule has 2 N–H and O–H groups in total. The molecule has 1 amide bonds. The average Bonchev–Trinajstić information content (AvgIpc) is 2.11. The number of hydrogen-bond donors (Lipinski definition) is 2. The monoisotopic (exact) mass is 231 g/mol. The third-order valence-corrected chi connectivity index (χ3v) is 2.45. The van der Waals surface area contributed by atoms with Crippen molar-refractivity contribution in [3.63, 3.8) is 0 Å². The molecule has 0 aromatic heterocycles. The summed E-state index contributed by atoms with van der Waals surface area (Å²) >= 11 is 0. The maximum Gasteiger partial charge on any atom is 0.326 e. The molecule has 0 aliphatic rings. The zero-order valence-electron chi connectivity index (χ0n) is 10.7. The Morgan fingerprint density at radius 2 is 1.62 bits per heavy atom. The Hall–Kier alpha value is -1.10. The van der Waals surface area contributed by atoms with Gasteiger partial charge in [0, 0.05) is 7.11 Å². The van der Waals surface area contributed by atoms with Gasteiger partial charge >= 0.3 is 5.97 Å². The number of methoxy groups -OCH3 is 1. The molecule has 0 rings (SSSR count). The van der Waals surface area contributed by atoms with Gasteiger partial charge in [-0.1, -0.05) is 20.8 Å². The normalized spacial score (nSPS) is 14.4. The van der Waals surface area contributed by atoms with Gasteiger partial charge < -0.3 is 15.2 Å². The van der Waals surface area contributed by atoms with Crippen LogP contribution in [0.25, 0.3) is 0 Å². The van der Waals surface area contributed by atoms with Crippen LogP contribution in [-0.4, -0.2) is 35.7 Å². The number of rotatable bonds is 4. The molecule has 0 heterocycles. The number of hydrogen-bond acceptors (Lipinski definition) is 3. The van der Waals surface area contributed by atoms with E-state index in [1.165, 1.54) is 7.11 Å². The second kappa shape index (κ2) is 4.82. The molecule has 0 aliphatic carbocycles. The number of amides is 1. The number of carbonyl (C=O) groups excluding carboxylic acids is 1. The van der Waals surface area contributed by atoms with E-state index >= 15 is 0 Å². The zero-order valence-corrected chi connectivity index (χ0v) is 10.7. The van der Waals surface area contributed by atoms with Crippen LogP contribution in [0.3, 0.4) is 0 Å². The average molecular weight is 231 g/mol. The molecule has 0 fully saturated rings. The summed E-state index contributed by atoms with van der Waals surface area (Å²) in [4.78, 5) is 22.8. The first-order valence-electron chi connectivity index (χ1n) is 5.11. The van der Waals surface area contributed by atoms with E-state index in [1.807, 2.05) is 0 Å². The van der Waals surface area contributed by atoms with Gasteiger partial charge in [-0.15, -0.1) is 0 Å². The van der Waals surface area contributed by atoms with E-state index in [9.17, 15) is 9.59 Å². The Kier molecular flexibility index (Phi) is 4.49. The lowest BCUT2D eigenvalue weighted by Gasteiger charge is -2.31. The minimum Gasteiger partial charge on any atom is -0.480 e. The molecule has 0 spiro atoms. The number of carbonyl (C=O) groups is 2.